The Balaban J connectivity index is 0.00000180. The number of nitrogens with one attached hydrogen (secondary N) is 1. The van der Waals surface area contributed by atoms with Gasteiger partial charge in [-0.2, -0.15) is 0 Å². The van der Waals surface area contributed by atoms with Gasteiger partial charge in [-0.3, -0.25) is 0 Å². The van der Waals surface area contributed by atoms with E-state index in [0.29, 0.717) is 0 Å². The summed E-state index contributed by atoms with van der Waals surface area (Å²) in [5.74, 6) is -0.301. The molecular formula is C12H18ClFN2O2S. The van der Waals surface area contributed by atoms with Crippen LogP contribution in [0.5, 0.6) is 0 Å². The minimum absolute atomic E-state index is 0. The molecule has 1 aliphatic carbocycles. The molecule has 7 heteroatoms. The van der Waals surface area contributed by atoms with Crippen molar-refractivity contribution < 1.29 is 12.8 Å². The Kier molecular flexibility index (Phi) is 4.95. The summed E-state index contributed by atoms with van der Waals surface area (Å²) in [6, 6.07) is 4.96. The molecule has 1 saturated carbocycles. The van der Waals surface area contributed by atoms with Crippen molar-refractivity contribution in [3.8, 4) is 0 Å². The summed E-state index contributed by atoms with van der Waals surface area (Å²) in [6.07, 6.45) is 1.94. The zero-order valence-corrected chi connectivity index (χ0v) is 12.2. The van der Waals surface area contributed by atoms with Crippen molar-refractivity contribution in [1.82, 2.24) is 4.72 Å². The summed E-state index contributed by atoms with van der Waals surface area (Å²) in [7, 11) is -3.73. The van der Waals surface area contributed by atoms with E-state index < -0.39 is 21.4 Å². The molecule has 0 heterocycles. The second kappa shape index (κ2) is 5.75. The van der Waals surface area contributed by atoms with E-state index in [1.165, 1.54) is 18.2 Å². The van der Waals surface area contributed by atoms with Crippen molar-refractivity contribution in [2.24, 2.45) is 11.7 Å². The molecule has 1 aromatic carbocycles. The van der Waals surface area contributed by atoms with Crippen molar-refractivity contribution in [3.05, 3.63) is 30.1 Å². The third-order valence-electron chi connectivity index (χ3n) is 3.38. The molecule has 0 amide bonds. The zero-order chi connectivity index (χ0) is 13.4. The van der Waals surface area contributed by atoms with Crippen LogP contribution in [-0.4, -0.2) is 20.5 Å². The number of rotatable bonds is 5. The first-order valence-electron chi connectivity index (χ1n) is 5.87. The lowest BCUT2D eigenvalue weighted by atomic mass is 9.98. The van der Waals surface area contributed by atoms with Gasteiger partial charge in [0.2, 0.25) is 10.0 Å². The average molecular weight is 309 g/mol. The van der Waals surface area contributed by atoms with Crippen molar-refractivity contribution in [2.75, 3.05) is 6.54 Å². The Labute approximate surface area is 119 Å². The lowest BCUT2D eigenvalue weighted by molar-refractivity contribution is 0.374. The highest BCUT2D eigenvalue weighted by molar-refractivity contribution is 7.89. The molecule has 4 nitrogen and oxygen atoms in total. The van der Waals surface area contributed by atoms with Gasteiger partial charge in [-0.05, 0) is 43.9 Å². The van der Waals surface area contributed by atoms with Crippen LogP contribution >= 0.6 is 12.4 Å². The lowest BCUT2D eigenvalue weighted by Gasteiger charge is -2.29. The van der Waals surface area contributed by atoms with Crippen molar-refractivity contribution in [2.45, 2.75) is 30.2 Å². The second-order valence-corrected chi connectivity index (χ2v) is 6.64. The SMILES string of the molecule is CC(CN)(NS(=O)(=O)c1cccc(F)c1)C1CC1.Cl. The number of halogens is 2. The van der Waals surface area contributed by atoms with E-state index in [4.69, 9.17) is 5.73 Å². The van der Waals surface area contributed by atoms with E-state index in [1.54, 1.807) is 6.92 Å². The van der Waals surface area contributed by atoms with Crippen LogP contribution in [0.1, 0.15) is 19.8 Å². The van der Waals surface area contributed by atoms with Crippen LogP contribution in [0.4, 0.5) is 4.39 Å². The summed E-state index contributed by atoms with van der Waals surface area (Å²) < 4.78 is 40.0. The quantitative estimate of drug-likeness (QED) is 0.869. The van der Waals surface area contributed by atoms with Gasteiger partial charge in [-0.1, -0.05) is 6.07 Å². The lowest BCUT2D eigenvalue weighted by Crippen LogP contribution is -2.52. The molecule has 3 N–H and O–H groups in total. The molecule has 0 saturated heterocycles. The highest BCUT2D eigenvalue weighted by Gasteiger charge is 2.43. The maximum Gasteiger partial charge on any atom is 0.241 e. The van der Waals surface area contributed by atoms with E-state index in [0.717, 1.165) is 18.9 Å². The molecule has 1 unspecified atom stereocenters. The van der Waals surface area contributed by atoms with Crippen LogP contribution in [0, 0.1) is 11.7 Å². The first-order valence-corrected chi connectivity index (χ1v) is 7.35. The highest BCUT2D eigenvalue weighted by atomic mass is 35.5. The predicted octanol–water partition coefficient (Wildman–Crippen LogP) is 1.65. The minimum Gasteiger partial charge on any atom is -0.329 e. The minimum atomic E-state index is -3.73. The van der Waals surface area contributed by atoms with Crippen LogP contribution in [0.3, 0.4) is 0 Å². The average Bonchev–Trinajstić information content (AvgIpc) is 3.12. The molecule has 19 heavy (non-hydrogen) atoms. The fourth-order valence-electron chi connectivity index (χ4n) is 2.01. The van der Waals surface area contributed by atoms with Gasteiger partial charge in [0.25, 0.3) is 0 Å². The van der Waals surface area contributed by atoms with Crippen LogP contribution in [0.25, 0.3) is 0 Å². The molecule has 1 fully saturated rings. The molecule has 1 atom stereocenters. The third-order valence-corrected chi connectivity index (χ3v) is 4.99. The largest absolute Gasteiger partial charge is 0.329 e. The van der Waals surface area contributed by atoms with Gasteiger partial charge in [0.05, 0.1) is 4.90 Å². The monoisotopic (exact) mass is 308 g/mol. The first-order chi connectivity index (χ1) is 8.37. The van der Waals surface area contributed by atoms with Crippen LogP contribution in [0.2, 0.25) is 0 Å². The molecule has 0 spiro atoms. The predicted molar refractivity (Wildman–Crippen MR) is 74.2 cm³/mol. The fraction of sp³-hybridized carbons (Fsp3) is 0.500. The molecule has 108 valence electrons. The topological polar surface area (TPSA) is 72.2 Å². The summed E-state index contributed by atoms with van der Waals surface area (Å²) in [4.78, 5) is -0.0668. The normalized spacial score (nSPS) is 18.5. The molecule has 0 aliphatic heterocycles. The van der Waals surface area contributed by atoms with E-state index in [1.807, 2.05) is 0 Å². The Bertz CT molecular complexity index is 548. The second-order valence-electron chi connectivity index (χ2n) is 4.96. The molecule has 2 rings (SSSR count). The van der Waals surface area contributed by atoms with Crippen LogP contribution in [-0.2, 0) is 10.0 Å². The Morgan fingerprint density at radius 3 is 2.58 bits per heavy atom. The Hall–Kier alpha value is -0.690. The molecule has 1 aromatic rings. The molecule has 0 bridgehead atoms. The smallest absolute Gasteiger partial charge is 0.241 e. The molecule has 0 radical (unpaired) electrons. The summed E-state index contributed by atoms with van der Waals surface area (Å²) in [5, 5.41) is 0. The summed E-state index contributed by atoms with van der Waals surface area (Å²) in [6.45, 7) is 2.02. The zero-order valence-electron chi connectivity index (χ0n) is 10.6. The van der Waals surface area contributed by atoms with E-state index in [2.05, 4.69) is 4.72 Å². The van der Waals surface area contributed by atoms with E-state index >= 15 is 0 Å². The van der Waals surface area contributed by atoms with Gasteiger partial charge in [-0.25, -0.2) is 17.5 Å². The van der Waals surface area contributed by atoms with Crippen molar-refractivity contribution in [3.63, 3.8) is 0 Å². The van der Waals surface area contributed by atoms with Crippen molar-refractivity contribution >= 4 is 22.4 Å². The van der Waals surface area contributed by atoms with E-state index in [-0.39, 0.29) is 29.8 Å². The van der Waals surface area contributed by atoms with Crippen molar-refractivity contribution in [1.29, 1.82) is 0 Å². The van der Waals surface area contributed by atoms with Gasteiger partial charge in [-0.15, -0.1) is 12.4 Å². The number of hydrogen-bond acceptors (Lipinski definition) is 3. The van der Waals surface area contributed by atoms with Gasteiger partial charge >= 0.3 is 0 Å². The summed E-state index contributed by atoms with van der Waals surface area (Å²) in [5.41, 5.74) is 5.01. The molecule has 1 aliphatic rings. The number of nitrogens with two attached hydrogens (primary N) is 1. The highest BCUT2D eigenvalue weighted by Crippen LogP contribution is 2.39. The Morgan fingerprint density at radius 1 is 1.47 bits per heavy atom. The van der Waals surface area contributed by atoms with E-state index in [9.17, 15) is 12.8 Å². The van der Waals surface area contributed by atoms with Gasteiger partial charge in [0.1, 0.15) is 5.82 Å². The molecular weight excluding hydrogens is 291 g/mol. The van der Waals surface area contributed by atoms with Gasteiger partial charge in [0, 0.05) is 12.1 Å². The third kappa shape index (κ3) is 3.66. The number of sulfonamides is 1. The summed E-state index contributed by atoms with van der Waals surface area (Å²) >= 11 is 0. The fourth-order valence-corrected chi connectivity index (χ4v) is 3.52. The molecule has 0 aromatic heterocycles. The van der Waals surface area contributed by atoms with Crippen LogP contribution < -0.4 is 10.5 Å². The van der Waals surface area contributed by atoms with Crippen LogP contribution in [0.15, 0.2) is 29.2 Å². The first kappa shape index (κ1) is 16.4. The maximum atomic E-state index is 13.1. The number of benzene rings is 1. The van der Waals surface area contributed by atoms with Gasteiger partial charge in [0.15, 0.2) is 0 Å². The van der Waals surface area contributed by atoms with Gasteiger partial charge < -0.3 is 5.73 Å². The Morgan fingerprint density at radius 2 is 2.11 bits per heavy atom. The maximum absolute atomic E-state index is 13.1. The number of hydrogen-bond donors (Lipinski definition) is 2. The standard InChI is InChI=1S/C12H17FN2O2S.ClH/c1-12(8-14,9-5-6-9)15-18(16,17)11-4-2-3-10(13)7-11;/h2-4,7,9,15H,5-6,8,14H2,1H3;1H.